The molecule has 2 aromatic carbocycles. The monoisotopic (exact) mass is 293 g/mol. The molecule has 3 aromatic rings. The van der Waals surface area contributed by atoms with Gasteiger partial charge in [-0.05, 0) is 13.0 Å². The van der Waals surface area contributed by atoms with Crippen molar-refractivity contribution >= 4 is 22.7 Å². The Morgan fingerprint density at radius 3 is 2.32 bits per heavy atom. The van der Waals surface area contributed by atoms with E-state index < -0.39 is 5.97 Å². The number of rotatable bonds is 4. The van der Waals surface area contributed by atoms with Crippen molar-refractivity contribution in [1.82, 2.24) is 4.57 Å². The fourth-order valence-corrected chi connectivity index (χ4v) is 2.79. The molecule has 0 radical (unpaired) electrons. The van der Waals surface area contributed by atoms with Gasteiger partial charge < -0.3 is 9.67 Å². The van der Waals surface area contributed by atoms with Gasteiger partial charge in [0.15, 0.2) is 5.78 Å². The van der Waals surface area contributed by atoms with Gasteiger partial charge in [-0.2, -0.15) is 0 Å². The van der Waals surface area contributed by atoms with Crippen LogP contribution in [0, 0.1) is 6.92 Å². The van der Waals surface area contributed by atoms with E-state index in [2.05, 4.69) is 0 Å². The van der Waals surface area contributed by atoms with Gasteiger partial charge in [-0.25, -0.2) is 0 Å². The average molecular weight is 293 g/mol. The number of hydrogen-bond acceptors (Lipinski definition) is 2. The van der Waals surface area contributed by atoms with Crippen LogP contribution in [0.2, 0.25) is 0 Å². The van der Waals surface area contributed by atoms with Crippen molar-refractivity contribution in [1.29, 1.82) is 0 Å². The van der Waals surface area contributed by atoms with Crippen LogP contribution in [0.1, 0.15) is 21.6 Å². The van der Waals surface area contributed by atoms with Gasteiger partial charge in [0, 0.05) is 22.2 Å². The Hall–Kier alpha value is -2.88. The molecule has 0 aliphatic carbocycles. The Bertz CT molecular complexity index is 863. The third-order valence-corrected chi connectivity index (χ3v) is 3.79. The maximum absolute atomic E-state index is 12.8. The molecule has 0 saturated carbocycles. The number of ketones is 1. The van der Waals surface area contributed by atoms with Crippen molar-refractivity contribution in [3.05, 3.63) is 71.4 Å². The molecule has 4 heteroatoms. The van der Waals surface area contributed by atoms with Crippen molar-refractivity contribution in [3.63, 3.8) is 0 Å². The topological polar surface area (TPSA) is 59.3 Å². The lowest BCUT2D eigenvalue weighted by molar-refractivity contribution is -0.137. The summed E-state index contributed by atoms with van der Waals surface area (Å²) < 4.78 is 1.67. The fourth-order valence-electron chi connectivity index (χ4n) is 2.79. The number of aromatic nitrogens is 1. The lowest BCUT2D eigenvalue weighted by Gasteiger charge is -2.05. The molecule has 0 aliphatic heterocycles. The highest BCUT2D eigenvalue weighted by Gasteiger charge is 2.21. The van der Waals surface area contributed by atoms with Crippen LogP contribution in [0.4, 0.5) is 0 Å². The van der Waals surface area contributed by atoms with Crippen LogP contribution in [-0.2, 0) is 11.3 Å². The number of carbonyl (C=O) groups excluding carboxylic acids is 1. The highest BCUT2D eigenvalue weighted by molar-refractivity contribution is 6.17. The highest BCUT2D eigenvalue weighted by Crippen LogP contribution is 2.28. The van der Waals surface area contributed by atoms with E-state index in [1.54, 1.807) is 23.6 Å². The van der Waals surface area contributed by atoms with E-state index in [1.165, 1.54) is 0 Å². The normalized spacial score (nSPS) is 10.8. The van der Waals surface area contributed by atoms with E-state index >= 15 is 0 Å². The predicted molar refractivity (Wildman–Crippen MR) is 84.2 cm³/mol. The summed E-state index contributed by atoms with van der Waals surface area (Å²) in [4.78, 5) is 23.9. The molecule has 0 aliphatic rings. The zero-order valence-corrected chi connectivity index (χ0v) is 12.1. The molecule has 0 atom stereocenters. The largest absolute Gasteiger partial charge is 0.480 e. The Morgan fingerprint density at radius 2 is 1.64 bits per heavy atom. The van der Waals surface area contributed by atoms with Gasteiger partial charge in [0.1, 0.15) is 6.54 Å². The first-order valence-corrected chi connectivity index (χ1v) is 6.99. The molecule has 0 spiro atoms. The predicted octanol–water partition coefficient (Wildman–Crippen LogP) is 3.27. The Labute approximate surface area is 127 Å². The summed E-state index contributed by atoms with van der Waals surface area (Å²) in [6.07, 6.45) is 0. The second kappa shape index (κ2) is 5.48. The molecular weight excluding hydrogens is 278 g/mol. The van der Waals surface area contributed by atoms with Gasteiger partial charge in [0.05, 0.1) is 5.56 Å². The van der Waals surface area contributed by atoms with Crippen LogP contribution in [0.15, 0.2) is 54.6 Å². The summed E-state index contributed by atoms with van der Waals surface area (Å²) in [5, 5.41) is 9.90. The summed E-state index contributed by atoms with van der Waals surface area (Å²) in [5.74, 6) is -1.01. The first-order valence-electron chi connectivity index (χ1n) is 6.99. The van der Waals surface area contributed by atoms with Crippen LogP contribution < -0.4 is 0 Å². The molecule has 110 valence electrons. The molecule has 4 nitrogen and oxygen atoms in total. The molecule has 0 fully saturated rings. The van der Waals surface area contributed by atoms with E-state index in [1.807, 2.05) is 42.5 Å². The second-order valence-electron chi connectivity index (χ2n) is 5.15. The quantitative estimate of drug-likeness (QED) is 0.751. The fraction of sp³-hybridized carbons (Fsp3) is 0.111. The maximum atomic E-state index is 12.8. The Kier molecular flexibility index (Phi) is 3.51. The molecule has 0 amide bonds. The number of nitrogens with zero attached hydrogens (tertiary/aromatic N) is 1. The number of carboxylic acids is 1. The summed E-state index contributed by atoms with van der Waals surface area (Å²) in [6.45, 7) is 1.63. The molecule has 22 heavy (non-hydrogen) atoms. The minimum atomic E-state index is -0.928. The summed E-state index contributed by atoms with van der Waals surface area (Å²) in [5.41, 5.74) is 2.62. The number of carboxylic acid groups (broad SMARTS) is 1. The van der Waals surface area contributed by atoms with Gasteiger partial charge in [-0.3, -0.25) is 9.59 Å². The first kappa shape index (κ1) is 14.1. The number of aliphatic carboxylic acids is 1. The third kappa shape index (κ3) is 2.29. The van der Waals surface area contributed by atoms with Crippen molar-refractivity contribution < 1.29 is 14.7 Å². The average Bonchev–Trinajstić information content (AvgIpc) is 2.80. The van der Waals surface area contributed by atoms with E-state index in [0.29, 0.717) is 16.8 Å². The van der Waals surface area contributed by atoms with E-state index in [0.717, 1.165) is 10.9 Å². The van der Waals surface area contributed by atoms with Crippen molar-refractivity contribution in [2.75, 3.05) is 0 Å². The Balaban J connectivity index is 2.24. The summed E-state index contributed by atoms with van der Waals surface area (Å²) in [6, 6.07) is 16.4. The molecule has 1 N–H and O–H groups in total. The SMILES string of the molecule is Cc1c(C(=O)c2ccccc2)c2ccccc2n1CC(=O)O. The van der Waals surface area contributed by atoms with E-state index in [4.69, 9.17) is 5.11 Å². The minimum Gasteiger partial charge on any atom is -0.480 e. The molecule has 0 unspecified atom stereocenters. The standard InChI is InChI=1S/C18H15NO3/c1-12-17(18(22)13-7-3-2-4-8-13)14-9-5-6-10-15(14)19(12)11-16(20)21/h2-10H,11H2,1H3,(H,20,21). The van der Waals surface area contributed by atoms with Crippen LogP contribution in [0.5, 0.6) is 0 Å². The molecule has 1 aromatic heterocycles. The Morgan fingerprint density at radius 1 is 1.00 bits per heavy atom. The van der Waals surface area contributed by atoms with Gasteiger partial charge in [0.25, 0.3) is 0 Å². The first-order chi connectivity index (χ1) is 10.6. The number of hydrogen-bond donors (Lipinski definition) is 1. The van der Waals surface area contributed by atoms with Crippen LogP contribution in [0.3, 0.4) is 0 Å². The van der Waals surface area contributed by atoms with Crippen molar-refractivity contribution in [3.8, 4) is 0 Å². The van der Waals surface area contributed by atoms with E-state index in [9.17, 15) is 9.59 Å². The van der Waals surface area contributed by atoms with Gasteiger partial charge >= 0.3 is 5.97 Å². The van der Waals surface area contributed by atoms with Crippen LogP contribution >= 0.6 is 0 Å². The molecular formula is C18H15NO3. The summed E-state index contributed by atoms with van der Waals surface area (Å²) >= 11 is 0. The minimum absolute atomic E-state index is 0.0848. The number of carbonyl (C=O) groups is 2. The molecule has 0 saturated heterocycles. The number of para-hydroxylation sites is 1. The van der Waals surface area contributed by atoms with Crippen molar-refractivity contribution in [2.24, 2.45) is 0 Å². The van der Waals surface area contributed by atoms with Crippen LogP contribution in [-0.4, -0.2) is 21.4 Å². The van der Waals surface area contributed by atoms with Gasteiger partial charge in [-0.15, -0.1) is 0 Å². The maximum Gasteiger partial charge on any atom is 0.323 e. The zero-order chi connectivity index (χ0) is 15.7. The smallest absolute Gasteiger partial charge is 0.323 e. The lowest BCUT2D eigenvalue weighted by atomic mass is 10.0. The summed E-state index contributed by atoms with van der Waals surface area (Å²) in [7, 11) is 0. The second-order valence-corrected chi connectivity index (χ2v) is 5.15. The molecule has 1 heterocycles. The third-order valence-electron chi connectivity index (χ3n) is 3.79. The zero-order valence-electron chi connectivity index (χ0n) is 12.1. The van der Waals surface area contributed by atoms with Crippen LogP contribution in [0.25, 0.3) is 10.9 Å². The van der Waals surface area contributed by atoms with Crippen molar-refractivity contribution in [2.45, 2.75) is 13.5 Å². The number of fused-ring (bicyclic) bond motifs is 1. The lowest BCUT2D eigenvalue weighted by Crippen LogP contribution is -2.11. The van der Waals surface area contributed by atoms with Gasteiger partial charge in [-0.1, -0.05) is 48.5 Å². The molecule has 0 bridgehead atoms. The van der Waals surface area contributed by atoms with E-state index in [-0.39, 0.29) is 12.3 Å². The molecule has 3 rings (SSSR count). The van der Waals surface area contributed by atoms with Gasteiger partial charge in [0.2, 0.25) is 0 Å². The highest BCUT2D eigenvalue weighted by atomic mass is 16.4. The number of benzene rings is 2.